The Bertz CT molecular complexity index is 530. The van der Waals surface area contributed by atoms with Gasteiger partial charge in [-0.2, -0.15) is 0 Å². The largest absolute Gasteiger partial charge is 0.421 e. The van der Waals surface area contributed by atoms with E-state index in [0.29, 0.717) is 16.8 Å². The number of aromatic nitrogens is 2. The van der Waals surface area contributed by atoms with Crippen LogP contribution in [0.15, 0.2) is 27.1 Å². The molecule has 0 radical (unpaired) electrons. The van der Waals surface area contributed by atoms with E-state index in [-0.39, 0.29) is 0 Å². The first-order valence-corrected chi connectivity index (χ1v) is 6.80. The van der Waals surface area contributed by atoms with Crippen molar-refractivity contribution in [3.63, 3.8) is 0 Å². The van der Waals surface area contributed by atoms with Crippen LogP contribution in [0, 0.1) is 0 Å². The zero-order valence-electron chi connectivity index (χ0n) is 9.91. The quantitative estimate of drug-likeness (QED) is 0.855. The standard InChI is InChI=1S/C12H13BrClN3O/c1-15-6-2-3-11-16-17-12(18-11)9-7-8(13)4-5-10(9)14/h4-5,7,15H,2-3,6H2,1H3. The van der Waals surface area contributed by atoms with E-state index in [1.807, 2.05) is 19.2 Å². The number of nitrogens with zero attached hydrogens (tertiary/aromatic N) is 2. The van der Waals surface area contributed by atoms with Gasteiger partial charge in [-0.15, -0.1) is 10.2 Å². The third-order valence-electron chi connectivity index (χ3n) is 2.44. The summed E-state index contributed by atoms with van der Waals surface area (Å²) in [5.74, 6) is 1.09. The van der Waals surface area contributed by atoms with Gasteiger partial charge in [-0.25, -0.2) is 0 Å². The Kier molecular flexibility index (Phi) is 4.74. The van der Waals surface area contributed by atoms with Gasteiger partial charge in [0.1, 0.15) is 0 Å². The van der Waals surface area contributed by atoms with Crippen LogP contribution in [0.1, 0.15) is 12.3 Å². The lowest BCUT2D eigenvalue weighted by molar-refractivity contribution is 0.495. The molecule has 2 aromatic rings. The van der Waals surface area contributed by atoms with E-state index in [1.54, 1.807) is 6.07 Å². The maximum atomic E-state index is 6.11. The number of nitrogens with one attached hydrogen (secondary N) is 1. The fourth-order valence-electron chi connectivity index (χ4n) is 1.54. The van der Waals surface area contributed by atoms with E-state index in [4.69, 9.17) is 16.0 Å². The molecular weight excluding hydrogens is 318 g/mol. The van der Waals surface area contributed by atoms with Crippen LogP contribution in [0.3, 0.4) is 0 Å². The Labute approximate surface area is 119 Å². The molecule has 1 aromatic heterocycles. The van der Waals surface area contributed by atoms with Crippen molar-refractivity contribution < 1.29 is 4.42 Å². The Morgan fingerprint density at radius 1 is 1.39 bits per heavy atom. The third-order valence-corrected chi connectivity index (χ3v) is 3.27. The molecule has 1 heterocycles. The van der Waals surface area contributed by atoms with Crippen LogP contribution in [0.25, 0.3) is 11.5 Å². The number of hydrogen-bond acceptors (Lipinski definition) is 4. The van der Waals surface area contributed by atoms with E-state index in [1.165, 1.54) is 0 Å². The summed E-state index contributed by atoms with van der Waals surface area (Å²) in [6, 6.07) is 5.54. The van der Waals surface area contributed by atoms with Crippen LogP contribution in [0.4, 0.5) is 0 Å². The van der Waals surface area contributed by atoms with Gasteiger partial charge in [0.2, 0.25) is 11.8 Å². The highest BCUT2D eigenvalue weighted by Gasteiger charge is 2.12. The molecule has 0 unspecified atom stereocenters. The average molecular weight is 331 g/mol. The van der Waals surface area contributed by atoms with Crippen molar-refractivity contribution in [2.75, 3.05) is 13.6 Å². The normalized spacial score (nSPS) is 10.8. The minimum Gasteiger partial charge on any atom is -0.421 e. The summed E-state index contributed by atoms with van der Waals surface area (Å²) in [5.41, 5.74) is 0.749. The zero-order valence-corrected chi connectivity index (χ0v) is 12.3. The third kappa shape index (κ3) is 3.31. The van der Waals surface area contributed by atoms with Crippen LogP contribution >= 0.6 is 27.5 Å². The summed E-state index contributed by atoms with van der Waals surface area (Å²) in [6.07, 6.45) is 1.73. The van der Waals surface area contributed by atoms with E-state index < -0.39 is 0 Å². The summed E-state index contributed by atoms with van der Waals surface area (Å²) >= 11 is 9.50. The van der Waals surface area contributed by atoms with Crippen molar-refractivity contribution in [3.8, 4) is 11.5 Å². The minimum atomic E-state index is 0.459. The van der Waals surface area contributed by atoms with Crippen LogP contribution < -0.4 is 5.32 Å². The Morgan fingerprint density at radius 2 is 2.22 bits per heavy atom. The Hall–Kier alpha value is -0.910. The topological polar surface area (TPSA) is 51.0 Å². The Morgan fingerprint density at radius 3 is 3.00 bits per heavy atom. The highest BCUT2D eigenvalue weighted by molar-refractivity contribution is 9.10. The molecule has 0 spiro atoms. The molecule has 0 aliphatic carbocycles. The molecule has 6 heteroatoms. The van der Waals surface area contributed by atoms with Crippen LogP contribution in [-0.2, 0) is 6.42 Å². The fraction of sp³-hybridized carbons (Fsp3) is 0.333. The van der Waals surface area contributed by atoms with E-state index >= 15 is 0 Å². The maximum absolute atomic E-state index is 6.11. The molecule has 1 aromatic carbocycles. The first kappa shape index (κ1) is 13.5. The summed E-state index contributed by atoms with van der Waals surface area (Å²) in [7, 11) is 1.92. The van der Waals surface area contributed by atoms with Gasteiger partial charge in [0, 0.05) is 10.9 Å². The lowest BCUT2D eigenvalue weighted by Gasteiger charge is -1.99. The van der Waals surface area contributed by atoms with Gasteiger partial charge in [-0.1, -0.05) is 27.5 Å². The highest BCUT2D eigenvalue weighted by atomic mass is 79.9. The minimum absolute atomic E-state index is 0.459. The van der Waals surface area contributed by atoms with Gasteiger partial charge >= 0.3 is 0 Å². The molecule has 0 aliphatic rings. The predicted octanol–water partition coefficient (Wildman–Crippen LogP) is 3.30. The van der Waals surface area contributed by atoms with E-state index in [9.17, 15) is 0 Å². The zero-order chi connectivity index (χ0) is 13.0. The van der Waals surface area contributed by atoms with Crippen molar-refractivity contribution >= 4 is 27.5 Å². The molecule has 0 saturated carbocycles. The molecule has 1 N–H and O–H groups in total. The summed E-state index contributed by atoms with van der Waals surface area (Å²) < 4.78 is 6.52. The van der Waals surface area contributed by atoms with E-state index in [2.05, 4.69) is 31.4 Å². The Balaban J connectivity index is 2.16. The lowest BCUT2D eigenvalue weighted by Crippen LogP contribution is -2.08. The van der Waals surface area contributed by atoms with Crippen molar-refractivity contribution in [2.45, 2.75) is 12.8 Å². The molecule has 0 saturated heterocycles. The van der Waals surface area contributed by atoms with Crippen molar-refractivity contribution in [3.05, 3.63) is 33.6 Å². The second kappa shape index (κ2) is 6.31. The summed E-state index contributed by atoms with van der Waals surface area (Å²) in [5, 5.41) is 11.7. The molecule has 0 aliphatic heterocycles. The SMILES string of the molecule is CNCCCc1nnc(-c2cc(Br)ccc2Cl)o1. The predicted molar refractivity (Wildman–Crippen MR) is 74.7 cm³/mol. The monoisotopic (exact) mass is 329 g/mol. The molecule has 18 heavy (non-hydrogen) atoms. The van der Waals surface area contributed by atoms with Crippen LogP contribution in [-0.4, -0.2) is 23.8 Å². The number of benzene rings is 1. The number of halogens is 2. The smallest absolute Gasteiger partial charge is 0.249 e. The number of aryl methyl sites for hydroxylation is 1. The summed E-state index contributed by atoms with van der Waals surface area (Å²) in [4.78, 5) is 0. The summed E-state index contributed by atoms with van der Waals surface area (Å²) in [6.45, 7) is 0.926. The van der Waals surface area contributed by atoms with E-state index in [0.717, 1.165) is 29.4 Å². The first-order valence-electron chi connectivity index (χ1n) is 5.63. The molecule has 0 bridgehead atoms. The lowest BCUT2D eigenvalue weighted by atomic mass is 10.2. The second-order valence-electron chi connectivity index (χ2n) is 3.83. The molecule has 0 fully saturated rings. The van der Waals surface area contributed by atoms with Crippen LogP contribution in [0.2, 0.25) is 5.02 Å². The fourth-order valence-corrected chi connectivity index (χ4v) is 2.10. The number of rotatable bonds is 5. The van der Waals surface area contributed by atoms with Gasteiger partial charge in [0.25, 0.3) is 0 Å². The number of hydrogen-bond donors (Lipinski definition) is 1. The van der Waals surface area contributed by atoms with Crippen LogP contribution in [0.5, 0.6) is 0 Å². The van der Waals surface area contributed by atoms with Gasteiger partial charge in [-0.05, 0) is 38.2 Å². The molecule has 96 valence electrons. The van der Waals surface area contributed by atoms with Gasteiger partial charge < -0.3 is 9.73 Å². The van der Waals surface area contributed by atoms with Gasteiger partial charge in [0.15, 0.2) is 0 Å². The maximum Gasteiger partial charge on any atom is 0.249 e. The van der Waals surface area contributed by atoms with Crippen molar-refractivity contribution in [1.29, 1.82) is 0 Å². The molecule has 0 atom stereocenters. The molecule has 2 rings (SSSR count). The molecular formula is C12H13BrClN3O. The molecule has 0 amide bonds. The molecule has 4 nitrogen and oxygen atoms in total. The highest BCUT2D eigenvalue weighted by Crippen LogP contribution is 2.29. The average Bonchev–Trinajstić information content (AvgIpc) is 2.81. The first-order chi connectivity index (χ1) is 8.70. The van der Waals surface area contributed by atoms with Gasteiger partial charge in [0.05, 0.1) is 10.6 Å². The van der Waals surface area contributed by atoms with Crippen molar-refractivity contribution in [2.24, 2.45) is 0 Å². The van der Waals surface area contributed by atoms with Gasteiger partial charge in [-0.3, -0.25) is 0 Å². The van der Waals surface area contributed by atoms with Crippen molar-refractivity contribution in [1.82, 2.24) is 15.5 Å². The second-order valence-corrected chi connectivity index (χ2v) is 5.16.